The van der Waals surface area contributed by atoms with Crippen LogP contribution < -0.4 is 15.8 Å². The molecule has 2 heterocycles. The fourth-order valence-corrected chi connectivity index (χ4v) is 5.27. The summed E-state index contributed by atoms with van der Waals surface area (Å²) in [5, 5.41) is 3.15. The van der Waals surface area contributed by atoms with Crippen molar-refractivity contribution in [1.82, 2.24) is 20.1 Å². The standard InChI is InChI=1S/C28H37N5O5/c1-37-15-14-32(27(35)19-5-11-24(38-2)12-6-19)23-16-25(26(34)31-22-9-7-21(29)8-10-22)33(18-23)28(36)20-4-3-13-30-17-20/h3-6,11-13,17,21-23,25H,7-10,14-16,18,29H2,1-2H3,(H,31,34). The number of rotatable bonds is 9. The van der Waals surface area contributed by atoms with E-state index in [1.54, 1.807) is 66.6 Å². The molecule has 204 valence electrons. The number of methoxy groups -OCH3 is 2. The first-order valence-corrected chi connectivity index (χ1v) is 13.1. The Kier molecular flexibility index (Phi) is 9.30. The number of aromatic nitrogens is 1. The summed E-state index contributed by atoms with van der Waals surface area (Å²) in [5.74, 6) is -0.0193. The van der Waals surface area contributed by atoms with E-state index in [1.807, 2.05) is 0 Å². The number of nitrogens with two attached hydrogens (primary N) is 1. The van der Waals surface area contributed by atoms with Crippen LogP contribution in [0.3, 0.4) is 0 Å². The van der Waals surface area contributed by atoms with E-state index in [-0.39, 0.29) is 42.4 Å². The highest BCUT2D eigenvalue weighted by molar-refractivity contribution is 5.98. The van der Waals surface area contributed by atoms with Gasteiger partial charge >= 0.3 is 0 Å². The normalized spacial score (nSPS) is 23.1. The number of benzene rings is 1. The molecule has 2 atom stereocenters. The topological polar surface area (TPSA) is 127 Å². The van der Waals surface area contributed by atoms with Crippen LogP contribution in [0.5, 0.6) is 5.75 Å². The highest BCUT2D eigenvalue weighted by atomic mass is 16.5. The van der Waals surface area contributed by atoms with E-state index in [9.17, 15) is 14.4 Å². The number of nitrogens with one attached hydrogen (secondary N) is 1. The van der Waals surface area contributed by atoms with Crippen molar-refractivity contribution < 1.29 is 23.9 Å². The molecule has 0 bridgehead atoms. The number of ether oxygens (including phenoxy) is 2. The van der Waals surface area contributed by atoms with E-state index in [4.69, 9.17) is 15.2 Å². The molecule has 1 aromatic carbocycles. The number of pyridine rings is 1. The maximum atomic E-state index is 13.6. The Hall–Kier alpha value is -3.50. The van der Waals surface area contributed by atoms with Crippen LogP contribution in [-0.2, 0) is 9.53 Å². The van der Waals surface area contributed by atoms with Gasteiger partial charge in [0.05, 0.1) is 25.3 Å². The summed E-state index contributed by atoms with van der Waals surface area (Å²) in [7, 11) is 3.15. The largest absolute Gasteiger partial charge is 0.497 e. The molecule has 2 aliphatic rings. The van der Waals surface area contributed by atoms with Crippen molar-refractivity contribution in [3.8, 4) is 5.75 Å². The fraction of sp³-hybridized carbons (Fsp3) is 0.500. The minimum Gasteiger partial charge on any atom is -0.497 e. The highest BCUT2D eigenvalue weighted by Gasteiger charge is 2.44. The first-order chi connectivity index (χ1) is 18.4. The van der Waals surface area contributed by atoms with Crippen molar-refractivity contribution in [3.63, 3.8) is 0 Å². The Morgan fingerprint density at radius 3 is 2.45 bits per heavy atom. The van der Waals surface area contributed by atoms with Gasteiger partial charge in [0.25, 0.3) is 11.8 Å². The third kappa shape index (κ3) is 6.49. The Morgan fingerprint density at radius 2 is 1.82 bits per heavy atom. The molecule has 2 unspecified atom stereocenters. The fourth-order valence-electron chi connectivity index (χ4n) is 5.27. The summed E-state index contributed by atoms with van der Waals surface area (Å²) >= 11 is 0. The summed E-state index contributed by atoms with van der Waals surface area (Å²) in [6.07, 6.45) is 6.77. The molecule has 10 nitrogen and oxygen atoms in total. The zero-order chi connectivity index (χ0) is 27.1. The quantitative estimate of drug-likeness (QED) is 0.514. The SMILES string of the molecule is COCCN(C(=O)c1ccc(OC)cc1)C1CC(C(=O)NC2CCC(N)CC2)N(C(=O)c2cccnc2)C1. The maximum Gasteiger partial charge on any atom is 0.256 e. The number of hydrogen-bond acceptors (Lipinski definition) is 7. The zero-order valence-corrected chi connectivity index (χ0v) is 22.0. The van der Waals surface area contributed by atoms with Crippen LogP contribution in [0.15, 0.2) is 48.8 Å². The van der Waals surface area contributed by atoms with E-state index < -0.39 is 6.04 Å². The van der Waals surface area contributed by atoms with Gasteiger partial charge in [0.1, 0.15) is 11.8 Å². The van der Waals surface area contributed by atoms with Gasteiger partial charge in [-0.3, -0.25) is 19.4 Å². The Labute approximate surface area is 223 Å². The number of likely N-dealkylation sites (tertiary alicyclic amines) is 1. The minimum atomic E-state index is -0.711. The number of carbonyl (C=O) groups excluding carboxylic acids is 3. The summed E-state index contributed by atoms with van der Waals surface area (Å²) in [5.41, 5.74) is 6.93. The molecule has 1 aliphatic carbocycles. The predicted molar refractivity (Wildman–Crippen MR) is 142 cm³/mol. The van der Waals surface area contributed by atoms with Crippen molar-refractivity contribution in [1.29, 1.82) is 0 Å². The van der Waals surface area contributed by atoms with Crippen LogP contribution in [-0.4, -0.2) is 90.6 Å². The molecule has 4 rings (SSSR count). The van der Waals surface area contributed by atoms with Crippen molar-refractivity contribution in [2.24, 2.45) is 5.73 Å². The van der Waals surface area contributed by atoms with Gasteiger partial charge in [0, 0.05) is 50.2 Å². The van der Waals surface area contributed by atoms with Crippen molar-refractivity contribution in [3.05, 3.63) is 59.9 Å². The molecular weight excluding hydrogens is 486 g/mol. The maximum absolute atomic E-state index is 13.6. The van der Waals surface area contributed by atoms with Gasteiger partial charge in [-0.05, 0) is 68.5 Å². The molecule has 3 N–H and O–H groups in total. The molecule has 1 saturated carbocycles. The third-order valence-corrected chi connectivity index (χ3v) is 7.44. The van der Waals surface area contributed by atoms with Gasteiger partial charge < -0.3 is 30.3 Å². The second-order valence-electron chi connectivity index (χ2n) is 9.94. The lowest BCUT2D eigenvalue weighted by atomic mass is 9.91. The number of hydrogen-bond donors (Lipinski definition) is 2. The molecule has 3 amide bonds. The number of amides is 3. The van der Waals surface area contributed by atoms with Gasteiger partial charge in [-0.25, -0.2) is 0 Å². The number of nitrogens with zero attached hydrogens (tertiary/aromatic N) is 3. The van der Waals surface area contributed by atoms with E-state index in [1.165, 1.54) is 6.20 Å². The average molecular weight is 524 g/mol. The van der Waals surface area contributed by atoms with Crippen LogP contribution in [0.2, 0.25) is 0 Å². The van der Waals surface area contributed by atoms with Gasteiger partial charge in [0.15, 0.2) is 0 Å². The highest BCUT2D eigenvalue weighted by Crippen LogP contribution is 2.27. The second-order valence-corrected chi connectivity index (χ2v) is 9.94. The van der Waals surface area contributed by atoms with Crippen LogP contribution in [0.25, 0.3) is 0 Å². The molecule has 1 saturated heterocycles. The average Bonchev–Trinajstić information content (AvgIpc) is 3.40. The monoisotopic (exact) mass is 523 g/mol. The van der Waals surface area contributed by atoms with Crippen molar-refractivity contribution >= 4 is 17.7 Å². The zero-order valence-electron chi connectivity index (χ0n) is 22.0. The van der Waals surface area contributed by atoms with E-state index in [2.05, 4.69) is 10.3 Å². The first kappa shape index (κ1) is 27.5. The molecule has 2 fully saturated rings. The second kappa shape index (κ2) is 12.8. The lowest BCUT2D eigenvalue weighted by molar-refractivity contribution is -0.125. The Morgan fingerprint density at radius 1 is 1.08 bits per heavy atom. The van der Waals surface area contributed by atoms with Crippen molar-refractivity contribution in [2.45, 2.75) is 56.3 Å². The summed E-state index contributed by atoms with van der Waals surface area (Å²) in [6.45, 7) is 0.886. The minimum absolute atomic E-state index is 0.0298. The smallest absolute Gasteiger partial charge is 0.256 e. The van der Waals surface area contributed by atoms with Crippen LogP contribution in [0, 0.1) is 0 Å². The van der Waals surface area contributed by atoms with E-state index in [0.717, 1.165) is 25.7 Å². The molecule has 0 radical (unpaired) electrons. The van der Waals surface area contributed by atoms with E-state index in [0.29, 0.717) is 36.4 Å². The van der Waals surface area contributed by atoms with Gasteiger partial charge in [-0.2, -0.15) is 0 Å². The molecule has 2 aromatic rings. The molecule has 1 aliphatic heterocycles. The van der Waals surface area contributed by atoms with Gasteiger partial charge in [-0.15, -0.1) is 0 Å². The lowest BCUT2D eigenvalue weighted by Crippen LogP contribution is -2.50. The first-order valence-electron chi connectivity index (χ1n) is 13.1. The molecule has 1 aromatic heterocycles. The van der Waals surface area contributed by atoms with E-state index >= 15 is 0 Å². The van der Waals surface area contributed by atoms with Crippen LogP contribution in [0.4, 0.5) is 0 Å². The molecule has 0 spiro atoms. The third-order valence-electron chi connectivity index (χ3n) is 7.44. The summed E-state index contributed by atoms with van der Waals surface area (Å²) in [6, 6.07) is 9.40. The van der Waals surface area contributed by atoms with Gasteiger partial charge in [0.2, 0.25) is 5.91 Å². The van der Waals surface area contributed by atoms with Crippen molar-refractivity contribution in [2.75, 3.05) is 33.9 Å². The Balaban J connectivity index is 1.57. The Bertz CT molecular complexity index is 1090. The molecule has 10 heteroatoms. The van der Waals surface area contributed by atoms with Crippen LogP contribution in [0.1, 0.15) is 52.8 Å². The number of carbonyl (C=O) groups is 3. The lowest BCUT2D eigenvalue weighted by Gasteiger charge is -2.30. The molecule has 38 heavy (non-hydrogen) atoms. The van der Waals surface area contributed by atoms with Crippen LogP contribution >= 0.6 is 0 Å². The summed E-state index contributed by atoms with van der Waals surface area (Å²) < 4.78 is 10.5. The van der Waals surface area contributed by atoms with Gasteiger partial charge in [-0.1, -0.05) is 0 Å². The molecular formula is C28H37N5O5. The predicted octanol–water partition coefficient (Wildman–Crippen LogP) is 1.85. The summed E-state index contributed by atoms with van der Waals surface area (Å²) in [4.78, 5) is 48.0.